The summed E-state index contributed by atoms with van der Waals surface area (Å²) < 4.78 is 2.04. The lowest BCUT2D eigenvalue weighted by molar-refractivity contribution is -0.118. The topological polar surface area (TPSA) is 46.9 Å². The average molecular weight is 380 g/mol. The lowest BCUT2D eigenvalue weighted by Gasteiger charge is -2.13. The second kappa shape index (κ2) is 8.91. The Bertz CT molecular complexity index is 905. The summed E-state index contributed by atoms with van der Waals surface area (Å²) >= 11 is 1.46. The molecular formula is C22H25N3OS. The number of thioether (sulfide) groups is 1. The first kappa shape index (κ1) is 19.2. The maximum atomic E-state index is 12.3. The zero-order chi connectivity index (χ0) is 19.2. The average Bonchev–Trinajstić information content (AvgIpc) is 3.13. The van der Waals surface area contributed by atoms with E-state index < -0.39 is 0 Å². The summed E-state index contributed by atoms with van der Waals surface area (Å²) in [4.78, 5) is 16.7. The van der Waals surface area contributed by atoms with E-state index in [9.17, 15) is 4.79 Å². The van der Waals surface area contributed by atoms with Crippen molar-refractivity contribution in [1.29, 1.82) is 0 Å². The molecule has 0 bridgehead atoms. The van der Waals surface area contributed by atoms with Crippen LogP contribution in [-0.4, -0.2) is 27.8 Å². The predicted molar refractivity (Wildman–Crippen MR) is 112 cm³/mol. The number of nitrogens with zero attached hydrogens (tertiary/aromatic N) is 2. The first-order valence-electron chi connectivity index (χ1n) is 9.10. The monoisotopic (exact) mass is 379 g/mol. The van der Waals surface area contributed by atoms with Gasteiger partial charge in [0, 0.05) is 18.9 Å². The number of imidazole rings is 1. The van der Waals surface area contributed by atoms with Crippen LogP contribution in [0, 0.1) is 13.8 Å². The van der Waals surface area contributed by atoms with Gasteiger partial charge in [0.05, 0.1) is 11.4 Å². The highest BCUT2D eigenvalue weighted by Gasteiger charge is 2.12. The number of aryl methyl sites for hydroxylation is 2. The van der Waals surface area contributed by atoms with Gasteiger partial charge in [-0.25, -0.2) is 4.98 Å². The molecule has 0 fully saturated rings. The highest BCUT2D eigenvalue weighted by Crippen LogP contribution is 2.23. The molecule has 5 heteroatoms. The first-order valence-corrected chi connectivity index (χ1v) is 10.1. The van der Waals surface area contributed by atoms with Crippen molar-refractivity contribution in [3.8, 4) is 5.69 Å². The summed E-state index contributed by atoms with van der Waals surface area (Å²) in [6, 6.07) is 16.6. The molecule has 3 rings (SSSR count). The fraction of sp³-hybridized carbons (Fsp3) is 0.273. The van der Waals surface area contributed by atoms with Gasteiger partial charge in [0.2, 0.25) is 5.91 Å². The second-order valence-electron chi connectivity index (χ2n) is 6.77. The van der Waals surface area contributed by atoms with Crippen LogP contribution < -0.4 is 5.32 Å². The van der Waals surface area contributed by atoms with Crippen LogP contribution in [0.4, 0.5) is 0 Å². The summed E-state index contributed by atoms with van der Waals surface area (Å²) in [6.45, 7) is 6.93. The zero-order valence-corrected chi connectivity index (χ0v) is 16.8. The van der Waals surface area contributed by atoms with E-state index in [0.717, 1.165) is 10.8 Å². The first-order chi connectivity index (χ1) is 13.0. The van der Waals surface area contributed by atoms with Gasteiger partial charge in [0.15, 0.2) is 5.16 Å². The molecule has 2 aromatic carbocycles. The molecule has 1 aromatic heterocycles. The zero-order valence-electron chi connectivity index (χ0n) is 16.0. The standard InChI is InChI=1S/C22H25N3OS/c1-16-9-10-20(17(2)13-16)25-12-11-23-22(25)27-15-21(26)24-14-18(3)19-7-5-4-6-8-19/h4-13,18H,14-15H2,1-3H3,(H,24,26)/t18-/m0/s1. The van der Waals surface area contributed by atoms with Crippen LogP contribution >= 0.6 is 11.8 Å². The Labute approximate surface area is 165 Å². The smallest absolute Gasteiger partial charge is 0.230 e. The summed E-state index contributed by atoms with van der Waals surface area (Å²) in [5.41, 5.74) is 4.75. The number of rotatable bonds is 7. The van der Waals surface area contributed by atoms with E-state index in [4.69, 9.17) is 0 Å². The Morgan fingerprint density at radius 2 is 1.96 bits per heavy atom. The van der Waals surface area contributed by atoms with Gasteiger partial charge in [0.25, 0.3) is 0 Å². The number of hydrogen-bond donors (Lipinski definition) is 1. The van der Waals surface area contributed by atoms with Crippen molar-refractivity contribution in [2.45, 2.75) is 31.8 Å². The third kappa shape index (κ3) is 5.01. The van der Waals surface area contributed by atoms with Gasteiger partial charge >= 0.3 is 0 Å². The van der Waals surface area contributed by atoms with Crippen LogP contribution in [0.15, 0.2) is 66.1 Å². The summed E-state index contributed by atoms with van der Waals surface area (Å²) in [5.74, 6) is 0.666. The SMILES string of the molecule is Cc1ccc(-n2ccnc2SCC(=O)NC[C@H](C)c2ccccc2)c(C)c1. The van der Waals surface area contributed by atoms with Gasteiger partial charge in [-0.05, 0) is 37.0 Å². The molecule has 27 heavy (non-hydrogen) atoms. The van der Waals surface area contributed by atoms with Gasteiger partial charge in [-0.3, -0.25) is 9.36 Å². The Balaban J connectivity index is 1.56. The maximum Gasteiger partial charge on any atom is 0.230 e. The largest absolute Gasteiger partial charge is 0.355 e. The Morgan fingerprint density at radius 3 is 2.70 bits per heavy atom. The summed E-state index contributed by atoms with van der Waals surface area (Å²) in [5, 5.41) is 3.85. The maximum absolute atomic E-state index is 12.3. The fourth-order valence-electron chi connectivity index (χ4n) is 3.00. The minimum absolute atomic E-state index is 0.0259. The molecule has 3 aromatic rings. The highest BCUT2D eigenvalue weighted by molar-refractivity contribution is 7.99. The summed E-state index contributed by atoms with van der Waals surface area (Å²) in [7, 11) is 0. The van der Waals surface area contributed by atoms with Crippen molar-refractivity contribution in [2.75, 3.05) is 12.3 Å². The number of carbonyl (C=O) groups excluding carboxylic acids is 1. The van der Waals surface area contributed by atoms with Crippen LogP contribution in [0.5, 0.6) is 0 Å². The van der Waals surface area contributed by atoms with Crippen LogP contribution in [0.1, 0.15) is 29.5 Å². The van der Waals surface area contributed by atoms with Gasteiger partial charge < -0.3 is 5.32 Å². The van der Waals surface area contributed by atoms with Gasteiger partial charge in [-0.2, -0.15) is 0 Å². The molecule has 0 radical (unpaired) electrons. The molecule has 1 amide bonds. The molecule has 0 spiro atoms. The minimum atomic E-state index is 0.0259. The number of benzene rings is 2. The number of carbonyl (C=O) groups is 1. The lowest BCUT2D eigenvalue weighted by atomic mass is 10.0. The highest BCUT2D eigenvalue weighted by atomic mass is 32.2. The Kier molecular flexibility index (Phi) is 6.35. The number of aromatic nitrogens is 2. The molecular weight excluding hydrogens is 354 g/mol. The normalized spacial score (nSPS) is 12.0. The number of amides is 1. The van der Waals surface area contributed by atoms with E-state index >= 15 is 0 Å². The van der Waals surface area contributed by atoms with Gasteiger partial charge in [0.1, 0.15) is 0 Å². The van der Waals surface area contributed by atoms with Crippen LogP contribution in [0.25, 0.3) is 5.69 Å². The molecule has 1 atom stereocenters. The quantitative estimate of drug-likeness (QED) is 0.615. The van der Waals surface area contributed by atoms with Crippen molar-refractivity contribution in [2.24, 2.45) is 0 Å². The molecule has 1 heterocycles. The molecule has 0 saturated carbocycles. The minimum Gasteiger partial charge on any atom is -0.355 e. The molecule has 1 N–H and O–H groups in total. The van der Waals surface area contributed by atoms with Crippen molar-refractivity contribution >= 4 is 17.7 Å². The Morgan fingerprint density at radius 1 is 1.19 bits per heavy atom. The van der Waals surface area contributed by atoms with E-state index in [-0.39, 0.29) is 11.8 Å². The number of nitrogens with one attached hydrogen (secondary N) is 1. The molecule has 0 saturated heterocycles. The van der Waals surface area contributed by atoms with Crippen molar-refractivity contribution in [3.05, 3.63) is 77.6 Å². The molecule has 0 unspecified atom stereocenters. The Hall–Kier alpha value is -2.53. The van der Waals surface area contributed by atoms with Crippen molar-refractivity contribution < 1.29 is 4.79 Å². The van der Waals surface area contributed by atoms with E-state index in [1.54, 1.807) is 6.20 Å². The fourth-order valence-corrected chi connectivity index (χ4v) is 3.80. The third-order valence-corrected chi connectivity index (χ3v) is 5.49. The molecule has 4 nitrogen and oxygen atoms in total. The van der Waals surface area contributed by atoms with E-state index in [2.05, 4.69) is 61.4 Å². The summed E-state index contributed by atoms with van der Waals surface area (Å²) in [6.07, 6.45) is 3.71. The van der Waals surface area contributed by atoms with Crippen LogP contribution in [0.3, 0.4) is 0 Å². The molecule has 0 aliphatic heterocycles. The van der Waals surface area contributed by atoms with E-state index in [1.165, 1.54) is 28.5 Å². The second-order valence-corrected chi connectivity index (χ2v) is 7.72. The predicted octanol–water partition coefficient (Wildman–Crippen LogP) is 4.50. The van der Waals surface area contributed by atoms with E-state index in [0.29, 0.717) is 12.3 Å². The molecule has 140 valence electrons. The van der Waals surface area contributed by atoms with Crippen LogP contribution in [-0.2, 0) is 4.79 Å². The molecule has 0 aliphatic rings. The van der Waals surface area contributed by atoms with Crippen molar-refractivity contribution in [1.82, 2.24) is 14.9 Å². The number of hydrogen-bond acceptors (Lipinski definition) is 3. The third-order valence-electron chi connectivity index (χ3n) is 4.53. The lowest BCUT2D eigenvalue weighted by Crippen LogP contribution is -2.29. The van der Waals surface area contributed by atoms with E-state index in [1.807, 2.05) is 29.0 Å². The van der Waals surface area contributed by atoms with Gasteiger partial charge in [-0.1, -0.05) is 66.7 Å². The van der Waals surface area contributed by atoms with Gasteiger partial charge in [-0.15, -0.1) is 0 Å². The molecule has 0 aliphatic carbocycles. The van der Waals surface area contributed by atoms with Crippen LogP contribution in [0.2, 0.25) is 0 Å². The van der Waals surface area contributed by atoms with Crippen molar-refractivity contribution in [3.63, 3.8) is 0 Å².